The van der Waals surface area contributed by atoms with Crippen LogP contribution in [0.2, 0.25) is 0 Å². The maximum atomic E-state index is 5.36. The zero-order chi connectivity index (χ0) is 13.7. The largest absolute Gasteiger partial charge is 0.497 e. The second-order valence-corrected chi connectivity index (χ2v) is 4.35. The van der Waals surface area contributed by atoms with Gasteiger partial charge in [-0.1, -0.05) is 24.3 Å². The van der Waals surface area contributed by atoms with Crippen LogP contribution in [-0.4, -0.2) is 14.2 Å². The summed E-state index contributed by atoms with van der Waals surface area (Å²) in [5, 5.41) is 3.39. The minimum absolute atomic E-state index is 0.773. The molecule has 0 aromatic heterocycles. The first-order valence-corrected chi connectivity index (χ1v) is 6.25. The summed E-state index contributed by atoms with van der Waals surface area (Å²) in [7, 11) is 3.31. The molecule has 0 unspecified atom stereocenters. The number of anilines is 1. The third-order valence-corrected chi connectivity index (χ3v) is 3.14. The molecule has 0 saturated heterocycles. The van der Waals surface area contributed by atoms with Gasteiger partial charge in [-0.15, -0.1) is 0 Å². The number of aryl methyl sites for hydroxylation is 1. The van der Waals surface area contributed by atoms with E-state index in [1.54, 1.807) is 14.2 Å². The Balaban J connectivity index is 2.13. The van der Waals surface area contributed by atoms with Crippen molar-refractivity contribution in [1.29, 1.82) is 0 Å². The van der Waals surface area contributed by atoms with Crippen LogP contribution in [0.3, 0.4) is 0 Å². The van der Waals surface area contributed by atoms with Crippen molar-refractivity contribution in [2.45, 2.75) is 13.5 Å². The lowest BCUT2D eigenvalue weighted by atomic mass is 10.1. The van der Waals surface area contributed by atoms with Crippen molar-refractivity contribution in [1.82, 2.24) is 0 Å². The van der Waals surface area contributed by atoms with Gasteiger partial charge in [0, 0.05) is 12.6 Å². The number of hydrogen-bond acceptors (Lipinski definition) is 3. The smallest absolute Gasteiger partial charge is 0.145 e. The highest BCUT2D eigenvalue weighted by molar-refractivity contribution is 5.59. The van der Waals surface area contributed by atoms with Crippen LogP contribution in [0.1, 0.15) is 11.1 Å². The average molecular weight is 257 g/mol. The second kappa shape index (κ2) is 6.14. The van der Waals surface area contributed by atoms with Gasteiger partial charge in [0.25, 0.3) is 0 Å². The van der Waals surface area contributed by atoms with Gasteiger partial charge in [-0.25, -0.2) is 0 Å². The van der Waals surface area contributed by atoms with E-state index < -0.39 is 0 Å². The highest BCUT2D eigenvalue weighted by Crippen LogP contribution is 2.29. The Labute approximate surface area is 114 Å². The van der Waals surface area contributed by atoms with Gasteiger partial charge in [-0.3, -0.25) is 0 Å². The van der Waals surface area contributed by atoms with Crippen LogP contribution in [-0.2, 0) is 6.54 Å². The first kappa shape index (κ1) is 13.3. The number of benzene rings is 2. The molecule has 0 aliphatic carbocycles. The highest BCUT2D eigenvalue weighted by atomic mass is 16.5. The fourth-order valence-corrected chi connectivity index (χ4v) is 1.94. The molecule has 0 aliphatic rings. The van der Waals surface area contributed by atoms with Crippen LogP contribution in [0.15, 0.2) is 42.5 Å². The van der Waals surface area contributed by atoms with E-state index in [4.69, 9.17) is 9.47 Å². The van der Waals surface area contributed by atoms with Gasteiger partial charge in [0.05, 0.1) is 19.9 Å². The quantitative estimate of drug-likeness (QED) is 0.887. The van der Waals surface area contributed by atoms with Crippen LogP contribution in [0.4, 0.5) is 5.69 Å². The number of rotatable bonds is 5. The van der Waals surface area contributed by atoms with Gasteiger partial charge < -0.3 is 14.8 Å². The van der Waals surface area contributed by atoms with E-state index in [2.05, 4.69) is 30.4 Å². The molecule has 0 atom stereocenters. The lowest BCUT2D eigenvalue weighted by Gasteiger charge is -2.13. The number of ether oxygens (including phenoxy) is 2. The summed E-state index contributed by atoms with van der Waals surface area (Å²) in [6.07, 6.45) is 0. The van der Waals surface area contributed by atoms with E-state index in [9.17, 15) is 0 Å². The van der Waals surface area contributed by atoms with E-state index in [-0.39, 0.29) is 0 Å². The molecular weight excluding hydrogens is 238 g/mol. The van der Waals surface area contributed by atoms with Crippen LogP contribution < -0.4 is 14.8 Å². The summed E-state index contributed by atoms with van der Waals surface area (Å²) < 4.78 is 10.5. The van der Waals surface area contributed by atoms with Gasteiger partial charge in [-0.05, 0) is 30.2 Å². The minimum Gasteiger partial charge on any atom is -0.497 e. The molecular formula is C16H19NO2. The Morgan fingerprint density at radius 2 is 1.79 bits per heavy atom. The van der Waals surface area contributed by atoms with Gasteiger partial charge >= 0.3 is 0 Å². The summed E-state index contributed by atoms with van der Waals surface area (Å²) >= 11 is 0. The molecule has 1 N–H and O–H groups in total. The van der Waals surface area contributed by atoms with Crippen molar-refractivity contribution >= 4 is 5.69 Å². The molecule has 0 saturated carbocycles. The summed E-state index contributed by atoms with van der Waals surface area (Å²) in [5.41, 5.74) is 3.52. The molecule has 0 spiro atoms. The van der Waals surface area contributed by atoms with Crippen molar-refractivity contribution in [3.8, 4) is 11.5 Å². The zero-order valence-corrected chi connectivity index (χ0v) is 11.6. The zero-order valence-electron chi connectivity index (χ0n) is 11.6. The second-order valence-electron chi connectivity index (χ2n) is 4.35. The van der Waals surface area contributed by atoms with Crippen LogP contribution in [0.5, 0.6) is 11.5 Å². The predicted molar refractivity (Wildman–Crippen MR) is 78.1 cm³/mol. The first-order valence-electron chi connectivity index (χ1n) is 6.25. The van der Waals surface area contributed by atoms with Crippen molar-refractivity contribution in [2.75, 3.05) is 19.5 Å². The van der Waals surface area contributed by atoms with E-state index in [1.807, 2.05) is 24.3 Å². The third kappa shape index (κ3) is 3.19. The Bertz CT molecular complexity index is 552. The highest BCUT2D eigenvalue weighted by Gasteiger charge is 2.05. The van der Waals surface area contributed by atoms with Gasteiger partial charge in [-0.2, -0.15) is 0 Å². The van der Waals surface area contributed by atoms with Crippen LogP contribution in [0, 0.1) is 6.92 Å². The van der Waals surface area contributed by atoms with Gasteiger partial charge in [0.1, 0.15) is 11.5 Å². The minimum atomic E-state index is 0.773. The number of hydrogen-bond donors (Lipinski definition) is 1. The van der Waals surface area contributed by atoms with E-state index >= 15 is 0 Å². The number of methoxy groups -OCH3 is 2. The molecule has 0 fully saturated rings. The third-order valence-electron chi connectivity index (χ3n) is 3.14. The van der Waals surface area contributed by atoms with Crippen LogP contribution in [0.25, 0.3) is 0 Å². The molecule has 2 rings (SSSR count). The standard InChI is InChI=1S/C16H19NO2/c1-12-6-4-5-7-13(12)11-17-15-9-8-14(18-2)10-16(15)19-3/h4-10,17H,11H2,1-3H3. The lowest BCUT2D eigenvalue weighted by Crippen LogP contribution is -2.03. The predicted octanol–water partition coefficient (Wildman–Crippen LogP) is 3.62. The van der Waals surface area contributed by atoms with Crippen molar-refractivity contribution in [3.63, 3.8) is 0 Å². The van der Waals surface area contributed by atoms with E-state index in [0.29, 0.717) is 0 Å². The summed E-state index contributed by atoms with van der Waals surface area (Å²) in [6.45, 7) is 2.89. The summed E-state index contributed by atoms with van der Waals surface area (Å²) in [5.74, 6) is 1.58. The van der Waals surface area contributed by atoms with Crippen molar-refractivity contribution in [3.05, 3.63) is 53.6 Å². The van der Waals surface area contributed by atoms with Crippen LogP contribution >= 0.6 is 0 Å². The Hall–Kier alpha value is -2.16. The lowest BCUT2D eigenvalue weighted by molar-refractivity contribution is 0.395. The van der Waals surface area contributed by atoms with E-state index in [1.165, 1.54) is 11.1 Å². The van der Waals surface area contributed by atoms with Crippen molar-refractivity contribution in [2.24, 2.45) is 0 Å². The average Bonchev–Trinajstić information content (AvgIpc) is 2.46. The molecule has 3 heteroatoms. The monoisotopic (exact) mass is 257 g/mol. The fraction of sp³-hybridized carbons (Fsp3) is 0.250. The Morgan fingerprint density at radius 1 is 1.00 bits per heavy atom. The molecule has 100 valence electrons. The topological polar surface area (TPSA) is 30.5 Å². The molecule has 2 aromatic rings. The van der Waals surface area contributed by atoms with Gasteiger partial charge in [0.2, 0.25) is 0 Å². The maximum Gasteiger partial charge on any atom is 0.145 e. The number of nitrogens with one attached hydrogen (secondary N) is 1. The molecule has 19 heavy (non-hydrogen) atoms. The molecule has 0 aliphatic heterocycles. The van der Waals surface area contributed by atoms with Crippen molar-refractivity contribution < 1.29 is 9.47 Å². The summed E-state index contributed by atoms with van der Waals surface area (Å²) in [6, 6.07) is 14.1. The summed E-state index contributed by atoms with van der Waals surface area (Å²) in [4.78, 5) is 0. The van der Waals surface area contributed by atoms with Gasteiger partial charge in [0.15, 0.2) is 0 Å². The molecule has 0 heterocycles. The maximum absolute atomic E-state index is 5.36. The fourth-order valence-electron chi connectivity index (χ4n) is 1.94. The molecule has 2 aromatic carbocycles. The molecule has 0 radical (unpaired) electrons. The molecule has 0 amide bonds. The molecule has 3 nitrogen and oxygen atoms in total. The molecule has 0 bridgehead atoms. The Morgan fingerprint density at radius 3 is 2.47 bits per heavy atom. The first-order chi connectivity index (χ1) is 9.24. The SMILES string of the molecule is COc1ccc(NCc2ccccc2C)c(OC)c1. The van der Waals surface area contributed by atoms with E-state index in [0.717, 1.165) is 23.7 Å². The normalized spacial score (nSPS) is 10.1. The Kier molecular flexibility index (Phi) is 4.29.